The Morgan fingerprint density at radius 3 is 2.35 bits per heavy atom. The molecule has 4 aromatic rings. The molecule has 8 heteroatoms. The summed E-state index contributed by atoms with van der Waals surface area (Å²) >= 11 is 1.68. The topological polar surface area (TPSA) is 74.3 Å². The minimum absolute atomic E-state index is 0.800. The first kappa shape index (κ1) is 16.5. The molecule has 0 amide bonds. The number of thioether (sulfide) groups is 1. The minimum atomic E-state index is 0.800. The van der Waals surface area contributed by atoms with E-state index in [-0.39, 0.29) is 0 Å². The highest BCUT2D eigenvalue weighted by atomic mass is 32.2. The Bertz CT molecular complexity index is 870. The summed E-state index contributed by atoms with van der Waals surface area (Å²) in [6.45, 7) is 0. The number of para-hydroxylation sites is 2. The third-order valence-corrected chi connectivity index (χ3v) is 4.89. The second-order valence-corrected chi connectivity index (χ2v) is 6.68. The lowest BCUT2D eigenvalue weighted by Crippen LogP contribution is -2.04. The van der Waals surface area contributed by atoms with Crippen LogP contribution in [0.1, 0.15) is 12.2 Å². The van der Waals surface area contributed by atoms with Gasteiger partial charge >= 0.3 is 0 Å². The molecule has 0 saturated carbocycles. The van der Waals surface area contributed by atoms with Gasteiger partial charge in [0.15, 0.2) is 11.0 Å². The van der Waals surface area contributed by atoms with Crippen LogP contribution in [0.5, 0.6) is 0 Å². The van der Waals surface area contributed by atoms with Crippen LogP contribution in [-0.4, -0.2) is 40.7 Å². The van der Waals surface area contributed by atoms with Crippen LogP contribution in [0.4, 0.5) is 0 Å². The van der Waals surface area contributed by atoms with Crippen molar-refractivity contribution in [2.75, 3.05) is 5.75 Å². The third-order valence-electron chi connectivity index (χ3n) is 3.86. The summed E-state index contributed by atoms with van der Waals surface area (Å²) in [4.78, 5) is 0. The van der Waals surface area contributed by atoms with E-state index in [1.807, 2.05) is 65.2 Å². The number of hydrogen-bond donors (Lipinski definition) is 0. The first-order valence-corrected chi connectivity index (χ1v) is 9.31. The zero-order chi connectivity index (χ0) is 17.6. The molecular weight excluding hydrogens is 346 g/mol. The van der Waals surface area contributed by atoms with Crippen molar-refractivity contribution in [1.82, 2.24) is 35.0 Å². The van der Waals surface area contributed by atoms with E-state index in [0.29, 0.717) is 0 Å². The number of nitrogens with zero attached hydrogens (tertiary/aromatic N) is 7. The molecule has 0 N–H and O–H groups in total. The maximum Gasteiger partial charge on any atom is 0.195 e. The predicted molar refractivity (Wildman–Crippen MR) is 99.6 cm³/mol. The smallest absolute Gasteiger partial charge is 0.195 e. The van der Waals surface area contributed by atoms with Crippen molar-refractivity contribution < 1.29 is 0 Å². The summed E-state index contributed by atoms with van der Waals surface area (Å²) in [5.41, 5.74) is 2.04. The summed E-state index contributed by atoms with van der Waals surface area (Å²) in [7, 11) is 0. The van der Waals surface area contributed by atoms with Gasteiger partial charge in [0.05, 0.1) is 5.69 Å². The molecule has 0 aliphatic heterocycles. The fraction of sp³-hybridized carbons (Fsp3) is 0.167. The quantitative estimate of drug-likeness (QED) is 0.371. The van der Waals surface area contributed by atoms with Crippen LogP contribution in [-0.2, 0) is 6.42 Å². The van der Waals surface area contributed by atoms with Crippen molar-refractivity contribution in [3.63, 3.8) is 0 Å². The van der Waals surface area contributed by atoms with Gasteiger partial charge in [0.2, 0.25) is 0 Å². The van der Waals surface area contributed by atoms with Crippen LogP contribution in [0, 0.1) is 0 Å². The van der Waals surface area contributed by atoms with Crippen LogP contribution < -0.4 is 0 Å². The van der Waals surface area contributed by atoms with E-state index in [2.05, 4.69) is 25.7 Å². The molecule has 130 valence electrons. The second kappa shape index (κ2) is 7.92. The summed E-state index contributed by atoms with van der Waals surface area (Å²) in [6.07, 6.45) is 3.49. The van der Waals surface area contributed by atoms with Gasteiger partial charge in [-0.1, -0.05) is 48.2 Å². The standard InChI is InChI=1S/C18H17N7S/c1-3-8-15(9-4-1)24-14-19-21-18(24)26-13-7-12-17-20-22-23-25(17)16-10-5-2-6-11-16/h1-6,8-11,14H,7,12-13H2. The fourth-order valence-electron chi connectivity index (χ4n) is 2.61. The zero-order valence-corrected chi connectivity index (χ0v) is 14.8. The van der Waals surface area contributed by atoms with Crippen molar-refractivity contribution in [3.05, 3.63) is 72.8 Å². The molecule has 0 aliphatic carbocycles. The molecule has 0 spiro atoms. The predicted octanol–water partition coefficient (Wildman–Crippen LogP) is 2.97. The van der Waals surface area contributed by atoms with Gasteiger partial charge in [-0.05, 0) is 41.1 Å². The van der Waals surface area contributed by atoms with Crippen LogP contribution in [0.2, 0.25) is 0 Å². The average Bonchev–Trinajstić information content (AvgIpc) is 3.36. The lowest BCUT2D eigenvalue weighted by atomic mass is 10.3. The molecule has 0 radical (unpaired) electrons. The van der Waals surface area contributed by atoms with Crippen molar-refractivity contribution in [3.8, 4) is 11.4 Å². The van der Waals surface area contributed by atoms with Gasteiger partial charge in [0.1, 0.15) is 6.33 Å². The summed E-state index contributed by atoms with van der Waals surface area (Å²) < 4.78 is 3.79. The van der Waals surface area contributed by atoms with Crippen molar-refractivity contribution >= 4 is 11.8 Å². The number of tetrazole rings is 1. The molecule has 0 fully saturated rings. The summed E-state index contributed by atoms with van der Waals surface area (Å²) in [5.74, 6) is 1.77. The Morgan fingerprint density at radius 1 is 0.846 bits per heavy atom. The van der Waals surface area contributed by atoms with Gasteiger partial charge < -0.3 is 0 Å². The highest BCUT2D eigenvalue weighted by Crippen LogP contribution is 2.20. The Kier molecular flexibility index (Phi) is 5.02. The van der Waals surface area contributed by atoms with E-state index in [0.717, 1.165) is 41.0 Å². The molecule has 2 heterocycles. The molecule has 0 saturated heterocycles. The average molecular weight is 363 g/mol. The van der Waals surface area contributed by atoms with E-state index in [9.17, 15) is 0 Å². The van der Waals surface area contributed by atoms with E-state index >= 15 is 0 Å². The molecule has 2 aromatic heterocycles. The van der Waals surface area contributed by atoms with Crippen LogP contribution in [0.15, 0.2) is 72.1 Å². The summed E-state index contributed by atoms with van der Waals surface area (Å²) in [6, 6.07) is 20.0. The SMILES string of the molecule is c1ccc(-n2cnnc2SCCCc2nnnn2-c2ccccc2)cc1. The van der Waals surface area contributed by atoms with E-state index in [4.69, 9.17) is 0 Å². The number of aromatic nitrogens is 7. The summed E-state index contributed by atoms with van der Waals surface area (Å²) in [5, 5.41) is 21.2. The lowest BCUT2D eigenvalue weighted by molar-refractivity contribution is 0.746. The van der Waals surface area contributed by atoms with Gasteiger partial charge in [-0.3, -0.25) is 4.57 Å². The van der Waals surface area contributed by atoms with Gasteiger partial charge in [-0.25, -0.2) is 0 Å². The highest BCUT2D eigenvalue weighted by Gasteiger charge is 2.10. The first-order chi connectivity index (χ1) is 12.9. The maximum absolute atomic E-state index is 4.22. The van der Waals surface area contributed by atoms with E-state index < -0.39 is 0 Å². The Hall–Kier alpha value is -3.00. The van der Waals surface area contributed by atoms with Crippen molar-refractivity contribution in [2.24, 2.45) is 0 Å². The molecular formula is C18H17N7S. The van der Waals surface area contributed by atoms with Crippen LogP contribution in [0.25, 0.3) is 11.4 Å². The normalized spacial score (nSPS) is 10.9. The number of hydrogen-bond acceptors (Lipinski definition) is 6. The molecule has 26 heavy (non-hydrogen) atoms. The van der Waals surface area contributed by atoms with Crippen LogP contribution in [0.3, 0.4) is 0 Å². The van der Waals surface area contributed by atoms with Gasteiger partial charge in [0.25, 0.3) is 0 Å². The Morgan fingerprint density at radius 2 is 1.58 bits per heavy atom. The monoisotopic (exact) mass is 363 g/mol. The van der Waals surface area contributed by atoms with E-state index in [1.165, 1.54) is 0 Å². The Balaban J connectivity index is 1.36. The van der Waals surface area contributed by atoms with Crippen molar-refractivity contribution in [2.45, 2.75) is 18.0 Å². The number of benzene rings is 2. The van der Waals surface area contributed by atoms with Gasteiger partial charge in [-0.2, -0.15) is 4.68 Å². The van der Waals surface area contributed by atoms with Crippen LogP contribution >= 0.6 is 11.8 Å². The molecule has 0 unspecified atom stereocenters. The largest absolute Gasteiger partial charge is 0.277 e. The lowest BCUT2D eigenvalue weighted by Gasteiger charge is -2.06. The Labute approximate surface area is 155 Å². The fourth-order valence-corrected chi connectivity index (χ4v) is 3.48. The molecule has 0 aliphatic rings. The molecule has 7 nitrogen and oxygen atoms in total. The molecule has 2 aromatic carbocycles. The minimum Gasteiger partial charge on any atom is -0.277 e. The molecule has 4 rings (SSSR count). The van der Waals surface area contributed by atoms with Gasteiger partial charge in [-0.15, -0.1) is 15.3 Å². The highest BCUT2D eigenvalue weighted by molar-refractivity contribution is 7.99. The van der Waals surface area contributed by atoms with E-state index in [1.54, 1.807) is 22.8 Å². The molecule has 0 bridgehead atoms. The maximum atomic E-state index is 4.22. The van der Waals surface area contributed by atoms with Gasteiger partial charge in [0, 0.05) is 17.9 Å². The number of rotatable bonds is 7. The third kappa shape index (κ3) is 3.65. The first-order valence-electron chi connectivity index (χ1n) is 8.33. The molecule has 0 atom stereocenters. The number of aryl methyl sites for hydroxylation is 1. The van der Waals surface area contributed by atoms with Crippen molar-refractivity contribution in [1.29, 1.82) is 0 Å². The second-order valence-electron chi connectivity index (χ2n) is 5.61. The zero-order valence-electron chi connectivity index (χ0n) is 14.0.